The zero-order chi connectivity index (χ0) is 12.3. The van der Waals surface area contributed by atoms with Crippen molar-refractivity contribution in [3.05, 3.63) is 48.0 Å². The molecule has 0 saturated heterocycles. The van der Waals surface area contributed by atoms with Crippen LogP contribution in [-0.4, -0.2) is 21.2 Å². The molecular weight excluding hydrogens is 225 g/mol. The van der Waals surface area contributed by atoms with E-state index in [2.05, 4.69) is 15.5 Å². The smallest absolute Gasteiger partial charge is 0.257 e. The number of nitrogens with zero attached hydrogens (tertiary/aromatic N) is 2. The van der Waals surface area contributed by atoms with E-state index in [1.54, 1.807) is 0 Å². The molecule has 2 rings (SSSR count). The fourth-order valence-electron chi connectivity index (χ4n) is 1.21. The van der Waals surface area contributed by atoms with Crippen LogP contribution < -0.4 is 5.32 Å². The Morgan fingerprint density at radius 3 is 2.76 bits per heavy atom. The molecule has 0 atom stereocenters. The third-order valence-corrected chi connectivity index (χ3v) is 2.05. The minimum atomic E-state index is -0.796. The lowest BCUT2D eigenvalue weighted by Gasteiger charge is -2.05. The van der Waals surface area contributed by atoms with Gasteiger partial charge in [0.05, 0.1) is 18.0 Å². The maximum atomic E-state index is 13.0. The molecule has 0 unspecified atom stereocenters. The van der Waals surface area contributed by atoms with E-state index in [-0.39, 0.29) is 5.69 Å². The van der Waals surface area contributed by atoms with Crippen molar-refractivity contribution in [3.63, 3.8) is 0 Å². The summed E-state index contributed by atoms with van der Waals surface area (Å²) in [5.41, 5.74) is 0.565. The first-order valence-corrected chi connectivity index (χ1v) is 4.73. The van der Waals surface area contributed by atoms with Crippen LogP contribution in [0.1, 0.15) is 10.4 Å². The fraction of sp³-hybridized carbons (Fsp3) is 0. The van der Waals surface area contributed by atoms with E-state index in [0.717, 1.165) is 12.1 Å². The van der Waals surface area contributed by atoms with Gasteiger partial charge < -0.3 is 10.4 Å². The van der Waals surface area contributed by atoms with E-state index in [1.165, 1.54) is 24.5 Å². The highest BCUT2D eigenvalue weighted by atomic mass is 19.1. The Bertz CT molecular complexity index is 546. The zero-order valence-corrected chi connectivity index (χ0v) is 8.59. The molecule has 6 heteroatoms. The summed E-state index contributed by atoms with van der Waals surface area (Å²) in [6.45, 7) is 0. The average molecular weight is 233 g/mol. The number of anilines is 1. The van der Waals surface area contributed by atoms with E-state index < -0.39 is 17.5 Å². The Morgan fingerprint density at radius 2 is 2.12 bits per heavy atom. The summed E-state index contributed by atoms with van der Waals surface area (Å²) in [5.74, 6) is -1.69. The van der Waals surface area contributed by atoms with E-state index in [1.807, 2.05) is 0 Å². The van der Waals surface area contributed by atoms with Crippen molar-refractivity contribution in [1.29, 1.82) is 0 Å². The van der Waals surface area contributed by atoms with Gasteiger partial charge in [0.15, 0.2) is 11.6 Å². The fourth-order valence-corrected chi connectivity index (χ4v) is 1.21. The van der Waals surface area contributed by atoms with Crippen molar-refractivity contribution in [2.75, 3.05) is 5.32 Å². The Balaban J connectivity index is 2.16. The van der Waals surface area contributed by atoms with Gasteiger partial charge in [0.2, 0.25) is 0 Å². The Kier molecular flexibility index (Phi) is 2.95. The quantitative estimate of drug-likeness (QED) is 0.772. The summed E-state index contributed by atoms with van der Waals surface area (Å²) >= 11 is 0. The van der Waals surface area contributed by atoms with Gasteiger partial charge in [-0.15, -0.1) is 0 Å². The van der Waals surface area contributed by atoms with E-state index in [0.29, 0.717) is 5.56 Å². The zero-order valence-electron chi connectivity index (χ0n) is 8.59. The molecule has 1 aromatic heterocycles. The summed E-state index contributed by atoms with van der Waals surface area (Å²) in [6.07, 6.45) is 2.68. The lowest BCUT2D eigenvalue weighted by Crippen LogP contribution is -2.12. The van der Waals surface area contributed by atoms with Crippen LogP contribution in [0.2, 0.25) is 0 Å². The number of nitrogens with one attached hydrogen (secondary N) is 1. The second kappa shape index (κ2) is 4.56. The molecule has 0 saturated carbocycles. The number of aromatic hydroxyl groups is 1. The molecule has 86 valence electrons. The number of carbonyl (C=O) groups is 1. The molecule has 0 fully saturated rings. The maximum absolute atomic E-state index is 13.0. The summed E-state index contributed by atoms with van der Waals surface area (Å²) in [4.78, 5) is 11.6. The van der Waals surface area contributed by atoms with Gasteiger partial charge in [-0.05, 0) is 18.2 Å². The molecule has 5 nitrogen and oxygen atoms in total. The Labute approximate surface area is 95.9 Å². The second-order valence-electron chi connectivity index (χ2n) is 3.25. The van der Waals surface area contributed by atoms with E-state index in [4.69, 9.17) is 5.11 Å². The van der Waals surface area contributed by atoms with Crippen molar-refractivity contribution in [2.24, 2.45) is 0 Å². The number of hydrogen-bond acceptors (Lipinski definition) is 4. The SMILES string of the molecule is O=C(Nc1ccc(O)c(F)c1)c1ccnnc1. The molecule has 2 N–H and O–H groups in total. The topological polar surface area (TPSA) is 75.1 Å². The van der Waals surface area contributed by atoms with Gasteiger partial charge in [-0.3, -0.25) is 4.79 Å². The number of carbonyl (C=O) groups excluding carboxylic acids is 1. The minimum absolute atomic E-state index is 0.252. The first kappa shape index (κ1) is 11.0. The molecule has 0 aliphatic rings. The van der Waals surface area contributed by atoms with Gasteiger partial charge in [0.1, 0.15) is 0 Å². The summed E-state index contributed by atoms with van der Waals surface area (Å²) < 4.78 is 13.0. The lowest BCUT2D eigenvalue weighted by molar-refractivity contribution is 0.102. The normalized spacial score (nSPS) is 9.94. The minimum Gasteiger partial charge on any atom is -0.505 e. The van der Waals surface area contributed by atoms with Crippen molar-refractivity contribution < 1.29 is 14.3 Å². The predicted octanol–water partition coefficient (Wildman–Crippen LogP) is 1.57. The highest BCUT2D eigenvalue weighted by Gasteiger charge is 2.07. The maximum Gasteiger partial charge on any atom is 0.257 e. The van der Waals surface area contributed by atoms with Crippen molar-refractivity contribution in [3.8, 4) is 5.75 Å². The van der Waals surface area contributed by atoms with Gasteiger partial charge in [0.25, 0.3) is 5.91 Å². The molecule has 0 aliphatic carbocycles. The van der Waals surface area contributed by atoms with Crippen molar-refractivity contribution >= 4 is 11.6 Å². The monoisotopic (exact) mass is 233 g/mol. The van der Waals surface area contributed by atoms with Crippen LogP contribution in [0.3, 0.4) is 0 Å². The summed E-state index contributed by atoms with van der Waals surface area (Å²) in [6, 6.07) is 5.07. The highest BCUT2D eigenvalue weighted by molar-refractivity contribution is 6.03. The van der Waals surface area contributed by atoms with Gasteiger partial charge in [-0.1, -0.05) is 0 Å². The molecule has 2 aromatic rings. The number of benzene rings is 1. The van der Waals surface area contributed by atoms with Crippen LogP contribution in [0.25, 0.3) is 0 Å². The third-order valence-electron chi connectivity index (χ3n) is 2.05. The number of phenolic OH excluding ortho intramolecular Hbond substituents is 1. The van der Waals surface area contributed by atoms with Gasteiger partial charge >= 0.3 is 0 Å². The number of aromatic nitrogens is 2. The molecule has 1 aromatic carbocycles. The molecule has 1 heterocycles. The number of halogens is 1. The average Bonchev–Trinajstić information content (AvgIpc) is 2.35. The molecule has 0 radical (unpaired) electrons. The molecule has 0 bridgehead atoms. The second-order valence-corrected chi connectivity index (χ2v) is 3.25. The van der Waals surface area contributed by atoms with Crippen molar-refractivity contribution in [1.82, 2.24) is 10.2 Å². The molecule has 17 heavy (non-hydrogen) atoms. The van der Waals surface area contributed by atoms with Crippen LogP contribution in [0, 0.1) is 5.82 Å². The van der Waals surface area contributed by atoms with Gasteiger partial charge in [-0.25, -0.2) is 4.39 Å². The summed E-state index contributed by atoms with van der Waals surface area (Å²) in [7, 11) is 0. The molecular formula is C11H8FN3O2. The largest absolute Gasteiger partial charge is 0.505 e. The van der Waals surface area contributed by atoms with Crippen LogP contribution in [-0.2, 0) is 0 Å². The Hall–Kier alpha value is -2.50. The standard InChI is InChI=1S/C11H8FN3O2/c12-9-5-8(1-2-10(9)16)15-11(17)7-3-4-13-14-6-7/h1-6,16H,(H,15,17). The van der Waals surface area contributed by atoms with E-state index >= 15 is 0 Å². The molecule has 0 spiro atoms. The predicted molar refractivity (Wildman–Crippen MR) is 58.1 cm³/mol. The lowest BCUT2D eigenvalue weighted by atomic mass is 10.2. The first-order valence-electron chi connectivity index (χ1n) is 4.73. The number of amides is 1. The Morgan fingerprint density at radius 1 is 1.29 bits per heavy atom. The summed E-state index contributed by atoms with van der Waals surface area (Å²) in [5, 5.41) is 18.5. The van der Waals surface area contributed by atoms with Crippen molar-refractivity contribution in [2.45, 2.75) is 0 Å². The van der Waals surface area contributed by atoms with Crippen LogP contribution in [0.4, 0.5) is 10.1 Å². The van der Waals surface area contributed by atoms with Crippen LogP contribution in [0.15, 0.2) is 36.7 Å². The highest BCUT2D eigenvalue weighted by Crippen LogP contribution is 2.19. The van der Waals surface area contributed by atoms with Crippen LogP contribution in [0.5, 0.6) is 5.75 Å². The van der Waals surface area contributed by atoms with Gasteiger partial charge in [-0.2, -0.15) is 10.2 Å². The third kappa shape index (κ3) is 2.54. The first-order chi connectivity index (χ1) is 8.16. The molecule has 0 aliphatic heterocycles. The van der Waals surface area contributed by atoms with Gasteiger partial charge in [0, 0.05) is 11.8 Å². The number of rotatable bonds is 2. The number of hydrogen-bond donors (Lipinski definition) is 2. The van der Waals surface area contributed by atoms with E-state index in [9.17, 15) is 9.18 Å². The number of phenols is 1. The molecule has 1 amide bonds. The van der Waals surface area contributed by atoms with Crippen LogP contribution >= 0.6 is 0 Å².